The quantitative estimate of drug-likeness (QED) is 0.552. The highest BCUT2D eigenvalue weighted by Crippen LogP contribution is 2.16. The lowest BCUT2D eigenvalue weighted by Gasteiger charge is -2.08. The number of carbonyl (C=O) groups is 1. The van der Waals surface area contributed by atoms with Crippen LogP contribution in [0, 0.1) is 6.92 Å². The second-order valence-corrected chi connectivity index (χ2v) is 7.06. The van der Waals surface area contributed by atoms with Crippen LogP contribution in [0.15, 0.2) is 35.7 Å². The van der Waals surface area contributed by atoms with E-state index in [4.69, 9.17) is 4.74 Å². The molecule has 0 unspecified atom stereocenters. The normalized spacial score (nSPS) is 11.2. The number of hydrogen-bond donors (Lipinski definition) is 1. The number of benzene rings is 1. The average molecular weight is 359 g/mol. The Kier molecular flexibility index (Phi) is 7.63. The van der Waals surface area contributed by atoms with E-state index in [1.54, 1.807) is 23.5 Å². The van der Waals surface area contributed by atoms with Gasteiger partial charge in [0.25, 0.3) is 0 Å². The van der Waals surface area contributed by atoms with Crippen LogP contribution in [0.25, 0.3) is 6.08 Å². The smallest absolute Gasteiger partial charge is 0.243 e. The van der Waals surface area contributed by atoms with Crippen molar-refractivity contribution in [3.8, 4) is 5.75 Å². The lowest BCUT2D eigenvalue weighted by atomic mass is 10.2. The summed E-state index contributed by atoms with van der Waals surface area (Å²) in [4.78, 5) is 18.2. The predicted octanol–water partition coefficient (Wildman–Crippen LogP) is 3.11. The van der Waals surface area contributed by atoms with Crippen LogP contribution in [0.4, 0.5) is 0 Å². The molecule has 0 fully saturated rings. The monoisotopic (exact) mass is 359 g/mol. The van der Waals surface area contributed by atoms with Gasteiger partial charge in [-0.3, -0.25) is 4.79 Å². The molecule has 25 heavy (non-hydrogen) atoms. The van der Waals surface area contributed by atoms with Crippen molar-refractivity contribution in [1.29, 1.82) is 0 Å². The Morgan fingerprint density at radius 3 is 2.72 bits per heavy atom. The van der Waals surface area contributed by atoms with Gasteiger partial charge in [0.1, 0.15) is 12.4 Å². The van der Waals surface area contributed by atoms with Crippen molar-refractivity contribution >= 4 is 23.3 Å². The Bertz CT molecular complexity index is 693. The molecule has 0 saturated heterocycles. The summed E-state index contributed by atoms with van der Waals surface area (Å²) in [5.41, 5.74) is 1.90. The molecule has 134 valence electrons. The summed E-state index contributed by atoms with van der Waals surface area (Å²) >= 11 is 1.62. The first-order valence-corrected chi connectivity index (χ1v) is 9.15. The first kappa shape index (κ1) is 19.1. The highest BCUT2D eigenvalue weighted by molar-refractivity contribution is 7.09. The van der Waals surface area contributed by atoms with E-state index in [-0.39, 0.29) is 5.91 Å². The van der Waals surface area contributed by atoms with Gasteiger partial charge >= 0.3 is 0 Å². The minimum absolute atomic E-state index is 0.0713. The van der Waals surface area contributed by atoms with E-state index in [1.165, 1.54) is 0 Å². The van der Waals surface area contributed by atoms with Crippen molar-refractivity contribution in [2.75, 3.05) is 27.2 Å². The van der Waals surface area contributed by atoms with E-state index in [0.29, 0.717) is 13.2 Å². The molecule has 0 spiro atoms. The van der Waals surface area contributed by atoms with Crippen molar-refractivity contribution in [3.63, 3.8) is 0 Å². The molecule has 0 saturated carbocycles. The topological polar surface area (TPSA) is 54.5 Å². The fraction of sp³-hybridized carbons (Fsp3) is 0.368. The van der Waals surface area contributed by atoms with Gasteiger partial charge in [0.15, 0.2) is 0 Å². The van der Waals surface area contributed by atoms with Crippen LogP contribution < -0.4 is 10.1 Å². The molecule has 0 aliphatic carbocycles. The molecule has 0 aliphatic rings. The number of carbonyl (C=O) groups excluding carboxylic acids is 1. The number of aromatic nitrogens is 1. The molecule has 2 aromatic rings. The van der Waals surface area contributed by atoms with Crippen LogP contribution >= 0.6 is 11.3 Å². The number of ether oxygens (including phenoxy) is 1. The summed E-state index contributed by atoms with van der Waals surface area (Å²) in [5, 5.41) is 5.92. The van der Waals surface area contributed by atoms with Crippen LogP contribution in [-0.4, -0.2) is 43.0 Å². The van der Waals surface area contributed by atoms with Gasteiger partial charge in [-0.2, -0.15) is 0 Å². The molecule has 1 aromatic carbocycles. The van der Waals surface area contributed by atoms with Gasteiger partial charge in [-0.15, -0.1) is 11.3 Å². The van der Waals surface area contributed by atoms with Gasteiger partial charge in [0.2, 0.25) is 5.91 Å². The maximum atomic E-state index is 11.7. The number of aryl methyl sites for hydroxylation is 1. The van der Waals surface area contributed by atoms with E-state index in [9.17, 15) is 4.79 Å². The first-order valence-electron chi connectivity index (χ1n) is 8.27. The zero-order valence-electron chi connectivity index (χ0n) is 15.0. The molecule has 0 aliphatic heterocycles. The zero-order valence-corrected chi connectivity index (χ0v) is 15.8. The maximum absolute atomic E-state index is 11.7. The van der Waals surface area contributed by atoms with Crippen molar-refractivity contribution in [1.82, 2.24) is 15.2 Å². The third-order valence-electron chi connectivity index (χ3n) is 3.44. The number of nitrogens with zero attached hydrogens (tertiary/aromatic N) is 2. The minimum atomic E-state index is -0.0713. The van der Waals surface area contributed by atoms with Crippen molar-refractivity contribution in [2.24, 2.45) is 0 Å². The average Bonchev–Trinajstić information content (AvgIpc) is 3.01. The van der Waals surface area contributed by atoms with Crippen molar-refractivity contribution in [2.45, 2.75) is 20.0 Å². The Morgan fingerprint density at radius 1 is 1.32 bits per heavy atom. The molecule has 0 radical (unpaired) electrons. The Morgan fingerprint density at radius 2 is 2.08 bits per heavy atom. The molecule has 1 heterocycles. The van der Waals surface area contributed by atoms with Crippen LogP contribution in [0.5, 0.6) is 5.75 Å². The van der Waals surface area contributed by atoms with Gasteiger partial charge in [0, 0.05) is 18.0 Å². The van der Waals surface area contributed by atoms with Crippen LogP contribution in [0.1, 0.15) is 22.7 Å². The van der Waals surface area contributed by atoms with E-state index in [2.05, 4.69) is 15.2 Å². The molecular weight excluding hydrogens is 334 g/mol. The van der Waals surface area contributed by atoms with Crippen LogP contribution in [-0.2, 0) is 11.4 Å². The summed E-state index contributed by atoms with van der Waals surface area (Å²) in [5.74, 6) is 0.717. The summed E-state index contributed by atoms with van der Waals surface area (Å²) in [6.07, 6.45) is 4.30. The lowest BCUT2D eigenvalue weighted by Crippen LogP contribution is -2.25. The Labute approximate surface area is 153 Å². The van der Waals surface area contributed by atoms with E-state index < -0.39 is 0 Å². The lowest BCUT2D eigenvalue weighted by molar-refractivity contribution is -0.116. The third kappa shape index (κ3) is 7.49. The zero-order chi connectivity index (χ0) is 18.1. The van der Waals surface area contributed by atoms with Gasteiger partial charge in [-0.25, -0.2) is 4.98 Å². The predicted molar refractivity (Wildman–Crippen MR) is 103 cm³/mol. The summed E-state index contributed by atoms with van der Waals surface area (Å²) in [6.45, 7) is 4.10. The summed E-state index contributed by atoms with van der Waals surface area (Å²) in [7, 11) is 4.04. The molecule has 1 aromatic heterocycles. The van der Waals surface area contributed by atoms with Gasteiger partial charge in [-0.05, 0) is 57.8 Å². The highest BCUT2D eigenvalue weighted by atomic mass is 32.1. The van der Waals surface area contributed by atoms with E-state index in [0.717, 1.165) is 35.0 Å². The van der Waals surface area contributed by atoms with E-state index >= 15 is 0 Å². The fourth-order valence-corrected chi connectivity index (χ4v) is 2.74. The van der Waals surface area contributed by atoms with Gasteiger partial charge in [0.05, 0.1) is 10.7 Å². The number of nitrogens with one attached hydrogen (secondary N) is 1. The van der Waals surface area contributed by atoms with Crippen LogP contribution in [0.2, 0.25) is 0 Å². The molecule has 1 N–H and O–H groups in total. The highest BCUT2D eigenvalue weighted by Gasteiger charge is 2.00. The largest absolute Gasteiger partial charge is 0.487 e. The van der Waals surface area contributed by atoms with Gasteiger partial charge < -0.3 is 15.0 Å². The fourth-order valence-electron chi connectivity index (χ4n) is 2.14. The molecule has 0 atom stereocenters. The number of hydrogen-bond acceptors (Lipinski definition) is 5. The Balaban J connectivity index is 1.74. The molecular formula is C19H25N3O2S. The molecule has 0 bridgehead atoms. The SMILES string of the molecule is Cc1nc(COc2ccc(/C=C/C(=O)NCCCN(C)C)cc2)cs1. The summed E-state index contributed by atoms with van der Waals surface area (Å²) < 4.78 is 5.71. The number of rotatable bonds is 9. The molecule has 5 nitrogen and oxygen atoms in total. The Hall–Kier alpha value is -2.18. The third-order valence-corrected chi connectivity index (χ3v) is 4.26. The second kappa shape index (κ2) is 9.96. The number of thiazole rings is 1. The summed E-state index contributed by atoms with van der Waals surface area (Å²) in [6, 6.07) is 7.65. The first-order chi connectivity index (χ1) is 12.0. The second-order valence-electron chi connectivity index (χ2n) is 6.00. The minimum Gasteiger partial charge on any atom is -0.487 e. The van der Waals surface area contributed by atoms with E-state index in [1.807, 2.05) is 50.7 Å². The standard InChI is InChI=1S/C19H25N3O2S/c1-15-21-17(14-25-15)13-24-18-8-5-16(6-9-18)7-10-19(23)20-11-4-12-22(2)3/h5-10,14H,4,11-13H2,1-3H3,(H,20,23)/b10-7+. The number of amides is 1. The van der Waals surface area contributed by atoms with Crippen molar-refractivity contribution in [3.05, 3.63) is 52.0 Å². The molecule has 6 heteroatoms. The van der Waals surface area contributed by atoms with Crippen molar-refractivity contribution < 1.29 is 9.53 Å². The van der Waals surface area contributed by atoms with Gasteiger partial charge in [-0.1, -0.05) is 12.1 Å². The molecule has 2 rings (SSSR count). The molecule has 1 amide bonds. The van der Waals surface area contributed by atoms with Crippen LogP contribution in [0.3, 0.4) is 0 Å². The maximum Gasteiger partial charge on any atom is 0.243 e.